The Kier molecular flexibility index (Phi) is 3.39. The number of carboxylic acids is 1. The van der Waals surface area contributed by atoms with Gasteiger partial charge >= 0.3 is 5.97 Å². The van der Waals surface area contributed by atoms with Gasteiger partial charge in [0.15, 0.2) is 0 Å². The molecule has 0 spiro atoms. The maximum atomic E-state index is 11.1. The van der Waals surface area contributed by atoms with Crippen LogP contribution in [-0.2, 0) is 0 Å². The average Bonchev–Trinajstić information content (AvgIpc) is 2.81. The standard InChI is InChI=1S/C12H15NO2S/c1-13(9-6-7-16-8-9)11-5-3-2-4-10(11)12(14)15/h2-5,9H,6-8H2,1H3,(H,14,15)/t9-/m0/s1. The summed E-state index contributed by atoms with van der Waals surface area (Å²) in [5, 5.41) is 9.13. The van der Waals surface area contributed by atoms with Crippen molar-refractivity contribution in [2.24, 2.45) is 0 Å². The van der Waals surface area contributed by atoms with Crippen molar-refractivity contribution in [2.75, 3.05) is 23.5 Å². The molecule has 1 N–H and O–H groups in total. The van der Waals surface area contributed by atoms with Crippen LogP contribution in [0.1, 0.15) is 16.8 Å². The number of hydrogen-bond acceptors (Lipinski definition) is 3. The molecule has 4 heteroatoms. The SMILES string of the molecule is CN(c1ccccc1C(=O)O)[C@H]1CCSC1. The topological polar surface area (TPSA) is 40.5 Å². The first-order valence-corrected chi connectivity index (χ1v) is 6.48. The van der Waals surface area contributed by atoms with E-state index in [1.54, 1.807) is 12.1 Å². The Balaban J connectivity index is 2.27. The van der Waals surface area contributed by atoms with E-state index in [9.17, 15) is 4.79 Å². The fourth-order valence-corrected chi connectivity index (χ4v) is 3.25. The Labute approximate surface area is 99.5 Å². The zero-order chi connectivity index (χ0) is 11.5. The second kappa shape index (κ2) is 4.78. The second-order valence-corrected chi connectivity index (χ2v) is 5.10. The molecular formula is C12H15NO2S. The third kappa shape index (κ3) is 2.16. The first-order chi connectivity index (χ1) is 7.70. The van der Waals surface area contributed by atoms with Gasteiger partial charge in [0.1, 0.15) is 0 Å². The normalized spacial score (nSPS) is 19.7. The van der Waals surface area contributed by atoms with Crippen LogP contribution in [0.4, 0.5) is 5.69 Å². The number of aromatic carboxylic acids is 1. The van der Waals surface area contributed by atoms with Crippen LogP contribution in [0.2, 0.25) is 0 Å². The highest BCUT2D eigenvalue weighted by molar-refractivity contribution is 7.99. The molecule has 1 aromatic carbocycles. The minimum absolute atomic E-state index is 0.391. The minimum atomic E-state index is -0.854. The molecule has 1 atom stereocenters. The van der Waals surface area contributed by atoms with E-state index in [-0.39, 0.29) is 0 Å². The molecule has 0 radical (unpaired) electrons. The number of para-hydroxylation sites is 1. The molecule has 16 heavy (non-hydrogen) atoms. The molecule has 3 nitrogen and oxygen atoms in total. The summed E-state index contributed by atoms with van der Waals surface area (Å²) in [4.78, 5) is 13.2. The average molecular weight is 237 g/mol. The number of anilines is 1. The lowest BCUT2D eigenvalue weighted by Gasteiger charge is -2.27. The number of carbonyl (C=O) groups is 1. The van der Waals surface area contributed by atoms with E-state index in [4.69, 9.17) is 5.11 Å². The molecule has 1 aliphatic rings. The van der Waals surface area contributed by atoms with Crippen molar-refractivity contribution < 1.29 is 9.90 Å². The van der Waals surface area contributed by atoms with E-state index in [0.29, 0.717) is 11.6 Å². The zero-order valence-electron chi connectivity index (χ0n) is 9.22. The van der Waals surface area contributed by atoms with Crippen LogP contribution >= 0.6 is 11.8 Å². The van der Waals surface area contributed by atoms with Gasteiger partial charge in [0.2, 0.25) is 0 Å². The van der Waals surface area contributed by atoms with E-state index in [1.807, 2.05) is 30.9 Å². The molecule has 1 aliphatic heterocycles. The summed E-state index contributed by atoms with van der Waals surface area (Å²) in [5.74, 6) is 1.41. The molecule has 2 rings (SSSR count). The highest BCUT2D eigenvalue weighted by Gasteiger charge is 2.23. The van der Waals surface area contributed by atoms with Gasteiger partial charge < -0.3 is 10.0 Å². The summed E-state index contributed by atoms with van der Waals surface area (Å²) in [6.07, 6.45) is 1.13. The lowest BCUT2D eigenvalue weighted by molar-refractivity contribution is 0.0697. The first-order valence-electron chi connectivity index (χ1n) is 5.33. The number of carboxylic acid groups (broad SMARTS) is 1. The zero-order valence-corrected chi connectivity index (χ0v) is 10.0. The third-order valence-corrected chi connectivity index (χ3v) is 4.11. The monoisotopic (exact) mass is 237 g/mol. The predicted molar refractivity (Wildman–Crippen MR) is 67.5 cm³/mol. The highest BCUT2D eigenvalue weighted by atomic mass is 32.2. The maximum absolute atomic E-state index is 11.1. The maximum Gasteiger partial charge on any atom is 0.337 e. The first kappa shape index (κ1) is 11.3. The van der Waals surface area contributed by atoms with Crippen molar-refractivity contribution in [3.05, 3.63) is 29.8 Å². The Morgan fingerprint density at radius 2 is 2.25 bits per heavy atom. The lowest BCUT2D eigenvalue weighted by atomic mass is 10.1. The van der Waals surface area contributed by atoms with Gasteiger partial charge in [-0.25, -0.2) is 4.79 Å². The number of thioether (sulfide) groups is 1. The molecule has 86 valence electrons. The van der Waals surface area contributed by atoms with Crippen LogP contribution in [-0.4, -0.2) is 35.7 Å². The molecule has 1 aromatic rings. The van der Waals surface area contributed by atoms with Gasteiger partial charge in [-0.1, -0.05) is 12.1 Å². The summed E-state index contributed by atoms with van der Waals surface area (Å²) in [6, 6.07) is 7.67. The smallest absolute Gasteiger partial charge is 0.337 e. The molecule has 0 aliphatic carbocycles. The number of rotatable bonds is 3. The van der Waals surface area contributed by atoms with Crippen LogP contribution in [0.3, 0.4) is 0 Å². The highest BCUT2D eigenvalue weighted by Crippen LogP contribution is 2.28. The van der Waals surface area contributed by atoms with E-state index in [1.165, 1.54) is 5.75 Å². The van der Waals surface area contributed by atoms with Crippen LogP contribution in [0, 0.1) is 0 Å². The summed E-state index contributed by atoms with van der Waals surface area (Å²) in [6.45, 7) is 0. The molecule has 0 amide bonds. The van der Waals surface area contributed by atoms with E-state index in [2.05, 4.69) is 4.90 Å². The Hall–Kier alpha value is -1.16. The molecule has 0 aromatic heterocycles. The second-order valence-electron chi connectivity index (χ2n) is 3.95. The molecule has 0 bridgehead atoms. The van der Waals surface area contributed by atoms with Crippen molar-refractivity contribution in [1.29, 1.82) is 0 Å². The van der Waals surface area contributed by atoms with E-state index < -0.39 is 5.97 Å². The van der Waals surface area contributed by atoms with Crippen LogP contribution < -0.4 is 4.90 Å². The van der Waals surface area contributed by atoms with Gasteiger partial charge in [-0.3, -0.25) is 0 Å². The van der Waals surface area contributed by atoms with Crippen LogP contribution in [0.15, 0.2) is 24.3 Å². The summed E-state index contributed by atoms with van der Waals surface area (Å²) in [5.41, 5.74) is 1.21. The fraction of sp³-hybridized carbons (Fsp3) is 0.417. The van der Waals surface area contributed by atoms with Crippen molar-refractivity contribution in [3.63, 3.8) is 0 Å². The third-order valence-electron chi connectivity index (χ3n) is 2.97. The molecular weight excluding hydrogens is 222 g/mol. The lowest BCUT2D eigenvalue weighted by Crippen LogP contribution is -2.32. The molecule has 1 fully saturated rings. The van der Waals surface area contributed by atoms with Crippen LogP contribution in [0.5, 0.6) is 0 Å². The number of hydrogen-bond donors (Lipinski definition) is 1. The minimum Gasteiger partial charge on any atom is -0.478 e. The van der Waals surface area contributed by atoms with Gasteiger partial charge in [-0.15, -0.1) is 0 Å². The van der Waals surface area contributed by atoms with E-state index >= 15 is 0 Å². The van der Waals surface area contributed by atoms with Gasteiger partial charge in [0.05, 0.1) is 11.3 Å². The quantitative estimate of drug-likeness (QED) is 0.876. The molecule has 0 unspecified atom stereocenters. The summed E-state index contributed by atoms with van der Waals surface area (Å²) < 4.78 is 0. The largest absolute Gasteiger partial charge is 0.478 e. The van der Waals surface area contributed by atoms with E-state index in [0.717, 1.165) is 17.9 Å². The Morgan fingerprint density at radius 1 is 1.50 bits per heavy atom. The Bertz CT molecular complexity index is 388. The van der Waals surface area contributed by atoms with Crippen molar-refractivity contribution in [3.8, 4) is 0 Å². The molecule has 1 heterocycles. The Morgan fingerprint density at radius 3 is 2.88 bits per heavy atom. The molecule has 0 saturated carbocycles. The molecule has 1 saturated heterocycles. The van der Waals surface area contributed by atoms with Crippen molar-refractivity contribution in [1.82, 2.24) is 0 Å². The number of nitrogens with zero attached hydrogens (tertiary/aromatic N) is 1. The summed E-state index contributed by atoms with van der Waals surface area (Å²) in [7, 11) is 1.98. The van der Waals surface area contributed by atoms with Crippen molar-refractivity contribution in [2.45, 2.75) is 12.5 Å². The van der Waals surface area contributed by atoms with Crippen molar-refractivity contribution >= 4 is 23.4 Å². The number of benzene rings is 1. The van der Waals surface area contributed by atoms with Crippen LogP contribution in [0.25, 0.3) is 0 Å². The van der Waals surface area contributed by atoms with Gasteiger partial charge in [0, 0.05) is 18.8 Å². The predicted octanol–water partition coefficient (Wildman–Crippen LogP) is 2.33. The van der Waals surface area contributed by atoms with Gasteiger partial charge in [-0.05, 0) is 24.3 Å². The summed E-state index contributed by atoms with van der Waals surface area (Å²) >= 11 is 1.93. The van der Waals surface area contributed by atoms with Gasteiger partial charge in [0.25, 0.3) is 0 Å². The van der Waals surface area contributed by atoms with Gasteiger partial charge in [-0.2, -0.15) is 11.8 Å². The fourth-order valence-electron chi connectivity index (χ4n) is 1.99.